The van der Waals surface area contributed by atoms with Crippen LogP contribution in [-0.4, -0.2) is 8.76 Å². The zero-order chi connectivity index (χ0) is 13.0. The van der Waals surface area contributed by atoms with Crippen LogP contribution in [0.1, 0.15) is 25.3 Å². The highest BCUT2D eigenvalue weighted by Crippen LogP contribution is 2.25. The van der Waals surface area contributed by atoms with Crippen LogP contribution in [0.5, 0.6) is 5.75 Å². The van der Waals surface area contributed by atoms with Gasteiger partial charge in [-0.3, -0.25) is 4.55 Å². The first-order valence-electron chi connectivity index (χ1n) is 6.01. The molecule has 0 aliphatic rings. The van der Waals surface area contributed by atoms with Crippen molar-refractivity contribution < 1.29 is 12.9 Å². The van der Waals surface area contributed by atoms with E-state index in [2.05, 4.69) is 13.0 Å². The number of unbranched alkanes of at least 4 members (excludes halogenated alkanes) is 1. The lowest BCUT2D eigenvalue weighted by Gasteiger charge is -2.07. The van der Waals surface area contributed by atoms with Crippen LogP contribution in [0.3, 0.4) is 0 Å². The van der Waals surface area contributed by atoms with Gasteiger partial charge in [0, 0.05) is 0 Å². The molecule has 18 heavy (non-hydrogen) atoms. The molecule has 2 aromatic carbocycles. The van der Waals surface area contributed by atoms with Crippen molar-refractivity contribution in [1.82, 2.24) is 0 Å². The van der Waals surface area contributed by atoms with Crippen molar-refractivity contribution in [2.24, 2.45) is 0 Å². The van der Waals surface area contributed by atoms with Gasteiger partial charge in [0.15, 0.2) is 0 Å². The van der Waals surface area contributed by atoms with E-state index in [9.17, 15) is 4.21 Å². The Bertz CT molecular complexity index is 566. The van der Waals surface area contributed by atoms with E-state index in [4.69, 9.17) is 8.74 Å². The second kappa shape index (κ2) is 5.98. The minimum Gasteiger partial charge on any atom is -0.380 e. The fourth-order valence-corrected chi connectivity index (χ4v) is 2.32. The second-order valence-corrected chi connectivity index (χ2v) is 4.80. The summed E-state index contributed by atoms with van der Waals surface area (Å²) in [4.78, 5) is 0. The highest BCUT2D eigenvalue weighted by Gasteiger charge is 2.04. The van der Waals surface area contributed by atoms with Crippen molar-refractivity contribution in [2.75, 3.05) is 0 Å². The van der Waals surface area contributed by atoms with Crippen LogP contribution >= 0.6 is 0 Å². The maximum absolute atomic E-state index is 10.6. The van der Waals surface area contributed by atoms with Crippen LogP contribution in [-0.2, 0) is 17.8 Å². The van der Waals surface area contributed by atoms with Crippen molar-refractivity contribution in [3.8, 4) is 5.75 Å². The Morgan fingerprint density at radius 3 is 2.83 bits per heavy atom. The van der Waals surface area contributed by atoms with E-state index in [1.807, 2.05) is 18.2 Å². The lowest BCUT2D eigenvalue weighted by molar-refractivity contribution is 0.458. The van der Waals surface area contributed by atoms with Crippen LogP contribution in [0, 0.1) is 0 Å². The highest BCUT2D eigenvalue weighted by molar-refractivity contribution is 7.74. The number of aryl methyl sites for hydroxylation is 1. The first kappa shape index (κ1) is 13.1. The minimum atomic E-state index is -2.27. The van der Waals surface area contributed by atoms with Crippen molar-refractivity contribution in [1.29, 1.82) is 0 Å². The monoisotopic (exact) mass is 264 g/mol. The average Bonchev–Trinajstić information content (AvgIpc) is 2.35. The van der Waals surface area contributed by atoms with Crippen LogP contribution in [0.2, 0.25) is 0 Å². The summed E-state index contributed by atoms with van der Waals surface area (Å²) < 4.78 is 24.1. The molecular formula is C14H16O3S. The van der Waals surface area contributed by atoms with Crippen LogP contribution in [0.15, 0.2) is 36.4 Å². The summed E-state index contributed by atoms with van der Waals surface area (Å²) in [7, 11) is 0. The van der Waals surface area contributed by atoms with Gasteiger partial charge in [-0.1, -0.05) is 37.6 Å². The molecule has 0 fully saturated rings. The van der Waals surface area contributed by atoms with E-state index in [0.717, 1.165) is 18.2 Å². The molecule has 4 heteroatoms. The van der Waals surface area contributed by atoms with Crippen molar-refractivity contribution >= 4 is 22.1 Å². The van der Waals surface area contributed by atoms with E-state index in [0.29, 0.717) is 5.75 Å². The van der Waals surface area contributed by atoms with Gasteiger partial charge in [0.1, 0.15) is 5.75 Å². The van der Waals surface area contributed by atoms with E-state index in [1.165, 1.54) is 17.4 Å². The molecular weight excluding hydrogens is 248 g/mol. The van der Waals surface area contributed by atoms with Crippen molar-refractivity contribution in [3.05, 3.63) is 42.0 Å². The van der Waals surface area contributed by atoms with E-state index >= 15 is 0 Å². The van der Waals surface area contributed by atoms with Gasteiger partial charge in [0.2, 0.25) is 0 Å². The molecule has 0 aromatic heterocycles. The standard InChI is InChI=1S/C14H16O3S/c1-2-3-5-11-6-4-7-12-10-13(17-18(15)16)8-9-14(11)12/h4,6-10H,2-3,5H2,1H3,(H,15,16). The molecule has 1 atom stereocenters. The van der Waals surface area contributed by atoms with Crippen molar-refractivity contribution in [2.45, 2.75) is 26.2 Å². The van der Waals surface area contributed by atoms with E-state index in [1.54, 1.807) is 12.1 Å². The fourth-order valence-electron chi connectivity index (χ4n) is 2.05. The Hall–Kier alpha value is -1.39. The Kier molecular flexibility index (Phi) is 4.33. The number of rotatable bonds is 5. The summed E-state index contributed by atoms with van der Waals surface area (Å²) in [5.74, 6) is 0.413. The molecule has 0 amide bonds. The molecule has 2 rings (SSSR count). The summed E-state index contributed by atoms with van der Waals surface area (Å²) in [6.07, 6.45) is 3.39. The largest absolute Gasteiger partial charge is 0.380 e. The molecule has 0 saturated heterocycles. The number of hydrogen-bond donors (Lipinski definition) is 1. The van der Waals surface area contributed by atoms with Crippen molar-refractivity contribution in [3.63, 3.8) is 0 Å². The van der Waals surface area contributed by atoms with Crippen LogP contribution in [0.4, 0.5) is 0 Å². The third kappa shape index (κ3) is 3.09. The van der Waals surface area contributed by atoms with Gasteiger partial charge in [-0.25, -0.2) is 0 Å². The van der Waals surface area contributed by atoms with Crippen LogP contribution in [0.25, 0.3) is 10.8 Å². The maximum atomic E-state index is 10.6. The molecule has 0 aliphatic carbocycles. The molecule has 0 radical (unpaired) electrons. The summed E-state index contributed by atoms with van der Waals surface area (Å²) in [6.45, 7) is 2.17. The van der Waals surface area contributed by atoms with Gasteiger partial charge in [0.05, 0.1) is 0 Å². The molecule has 0 spiro atoms. The normalized spacial score (nSPS) is 12.6. The Morgan fingerprint density at radius 2 is 2.11 bits per heavy atom. The Balaban J connectivity index is 2.36. The lowest BCUT2D eigenvalue weighted by Crippen LogP contribution is -1.97. The number of hydrogen-bond acceptors (Lipinski definition) is 2. The second-order valence-electron chi connectivity index (χ2n) is 4.20. The summed E-state index contributed by atoms with van der Waals surface area (Å²) in [6, 6.07) is 11.6. The minimum absolute atomic E-state index is 0.413. The molecule has 0 bridgehead atoms. The van der Waals surface area contributed by atoms with Gasteiger partial charge in [-0.05, 0) is 41.3 Å². The molecule has 1 unspecified atom stereocenters. The zero-order valence-corrected chi connectivity index (χ0v) is 11.1. The molecule has 96 valence electrons. The molecule has 2 aromatic rings. The molecule has 0 heterocycles. The number of benzene rings is 2. The topological polar surface area (TPSA) is 46.5 Å². The summed E-state index contributed by atoms with van der Waals surface area (Å²) in [5.41, 5.74) is 1.31. The van der Waals surface area contributed by atoms with Gasteiger partial charge in [0.25, 0.3) is 0 Å². The molecule has 0 aliphatic heterocycles. The first-order valence-corrected chi connectivity index (χ1v) is 7.04. The summed E-state index contributed by atoms with van der Waals surface area (Å²) in [5, 5.41) is 2.22. The zero-order valence-electron chi connectivity index (χ0n) is 10.3. The van der Waals surface area contributed by atoms with Gasteiger partial charge >= 0.3 is 11.4 Å². The third-order valence-electron chi connectivity index (χ3n) is 2.91. The molecule has 3 nitrogen and oxygen atoms in total. The Morgan fingerprint density at radius 1 is 1.28 bits per heavy atom. The number of fused-ring (bicyclic) bond motifs is 1. The van der Waals surface area contributed by atoms with Gasteiger partial charge in [-0.2, -0.15) is 4.21 Å². The predicted molar refractivity (Wildman–Crippen MR) is 74.0 cm³/mol. The van der Waals surface area contributed by atoms with Gasteiger partial charge in [-0.15, -0.1) is 0 Å². The first-order chi connectivity index (χ1) is 8.70. The fraction of sp³-hybridized carbons (Fsp3) is 0.286. The van der Waals surface area contributed by atoms with E-state index < -0.39 is 11.4 Å². The average molecular weight is 264 g/mol. The van der Waals surface area contributed by atoms with Gasteiger partial charge < -0.3 is 4.18 Å². The third-order valence-corrected chi connectivity index (χ3v) is 3.24. The molecule has 1 N–H and O–H groups in total. The maximum Gasteiger partial charge on any atom is 0.357 e. The van der Waals surface area contributed by atoms with Crippen LogP contribution < -0.4 is 4.18 Å². The highest BCUT2D eigenvalue weighted by atomic mass is 32.2. The Labute approximate surface area is 109 Å². The smallest absolute Gasteiger partial charge is 0.357 e. The molecule has 0 saturated carbocycles. The SMILES string of the molecule is CCCCc1cccc2cc(OS(=O)O)ccc12. The lowest BCUT2D eigenvalue weighted by atomic mass is 10.0. The van der Waals surface area contributed by atoms with E-state index in [-0.39, 0.29) is 0 Å². The summed E-state index contributed by atoms with van der Waals surface area (Å²) >= 11 is -2.27. The quantitative estimate of drug-likeness (QED) is 0.838. The predicted octanol–water partition coefficient (Wildman–Crippen LogP) is 3.70.